The lowest BCUT2D eigenvalue weighted by Gasteiger charge is -2.25. The number of rotatable bonds is 1. The first-order valence-electron chi connectivity index (χ1n) is 4.88. The maximum absolute atomic E-state index is 10.8. The van der Waals surface area contributed by atoms with Crippen molar-refractivity contribution in [1.82, 2.24) is 0 Å². The van der Waals surface area contributed by atoms with E-state index in [2.05, 4.69) is 22.8 Å². The van der Waals surface area contributed by atoms with Crippen molar-refractivity contribution in [3.05, 3.63) is 36.4 Å². The van der Waals surface area contributed by atoms with Crippen LogP contribution in [0.1, 0.15) is 0 Å². The topological polar surface area (TPSA) is 41.1 Å². The number of carbonyl (C=O) groups is 1. The predicted molar refractivity (Wildman–Crippen MR) is 61.0 cm³/mol. The lowest BCUT2D eigenvalue weighted by atomic mass is 10.0. The summed E-state index contributed by atoms with van der Waals surface area (Å²) in [6.07, 6.45) is 0.542. The molecule has 0 atom stereocenters. The van der Waals surface area contributed by atoms with Gasteiger partial charge in [-0.1, -0.05) is 24.3 Å². The van der Waals surface area contributed by atoms with Gasteiger partial charge in [-0.05, 0) is 17.5 Å². The molecule has 1 aliphatic heterocycles. The van der Waals surface area contributed by atoms with Gasteiger partial charge in [0.25, 0.3) is 0 Å². The number of hydrogen-bond acceptors (Lipinski definition) is 3. The maximum atomic E-state index is 10.8. The zero-order valence-electron chi connectivity index (χ0n) is 8.03. The normalized spacial score (nSPS) is 14.4. The highest BCUT2D eigenvalue weighted by Gasteiger charge is 2.17. The van der Waals surface area contributed by atoms with E-state index in [1.54, 1.807) is 0 Å². The molecule has 3 nitrogen and oxygen atoms in total. The van der Waals surface area contributed by atoms with Crippen molar-refractivity contribution >= 4 is 28.4 Å². The van der Waals surface area contributed by atoms with E-state index < -0.39 is 0 Å². The summed E-state index contributed by atoms with van der Waals surface area (Å²) >= 11 is 0. The number of benzene rings is 2. The highest BCUT2D eigenvalue weighted by atomic mass is 16.1. The van der Waals surface area contributed by atoms with Gasteiger partial charge in [-0.3, -0.25) is 4.79 Å². The Hall–Kier alpha value is -2.03. The third-order valence-corrected chi connectivity index (χ3v) is 2.66. The molecule has 15 heavy (non-hydrogen) atoms. The van der Waals surface area contributed by atoms with E-state index in [9.17, 15) is 4.79 Å². The molecule has 2 N–H and O–H groups in total. The molecular weight excluding hydrogens is 188 g/mol. The zero-order valence-corrected chi connectivity index (χ0v) is 8.03. The molecule has 3 rings (SSSR count). The average Bonchev–Trinajstić information content (AvgIpc) is 2.29. The largest absolute Gasteiger partial charge is 0.359 e. The van der Waals surface area contributed by atoms with Gasteiger partial charge < -0.3 is 10.6 Å². The van der Waals surface area contributed by atoms with Gasteiger partial charge in [-0.15, -0.1) is 0 Å². The maximum Gasteiger partial charge on any atom is 0.162 e. The molecule has 0 bridgehead atoms. The molecule has 0 aromatic heterocycles. The summed E-state index contributed by atoms with van der Waals surface area (Å²) in [5, 5.41) is 8.59. The van der Waals surface area contributed by atoms with Gasteiger partial charge in [-0.25, -0.2) is 0 Å². The summed E-state index contributed by atoms with van der Waals surface area (Å²) in [5.74, 6) is 0. The van der Waals surface area contributed by atoms with Crippen LogP contribution in [-0.2, 0) is 4.79 Å². The monoisotopic (exact) mass is 198 g/mol. The number of anilines is 2. The van der Waals surface area contributed by atoms with E-state index in [0.29, 0.717) is 0 Å². The van der Waals surface area contributed by atoms with E-state index in [1.165, 1.54) is 5.39 Å². The SMILES string of the molecule is O=CC1Nc2cccc3cccc(c23)N1. The first-order valence-corrected chi connectivity index (χ1v) is 4.88. The molecule has 0 unspecified atom stereocenters. The number of hydrogen-bond donors (Lipinski definition) is 2. The lowest BCUT2D eigenvalue weighted by molar-refractivity contribution is -0.108. The van der Waals surface area contributed by atoms with Crippen LogP contribution in [0.5, 0.6) is 0 Å². The van der Waals surface area contributed by atoms with Crippen LogP contribution in [0.15, 0.2) is 36.4 Å². The van der Waals surface area contributed by atoms with E-state index in [0.717, 1.165) is 23.0 Å². The van der Waals surface area contributed by atoms with E-state index in [1.807, 2.05) is 24.3 Å². The molecular formula is C12H10N2O. The average molecular weight is 198 g/mol. The highest BCUT2D eigenvalue weighted by molar-refractivity contribution is 6.06. The fourth-order valence-corrected chi connectivity index (χ4v) is 2.02. The van der Waals surface area contributed by atoms with Crippen molar-refractivity contribution in [3.63, 3.8) is 0 Å². The Morgan fingerprint density at radius 3 is 2.13 bits per heavy atom. The van der Waals surface area contributed by atoms with Gasteiger partial charge in [0.1, 0.15) is 0 Å². The molecule has 3 heteroatoms. The van der Waals surface area contributed by atoms with Crippen LogP contribution in [0.2, 0.25) is 0 Å². The molecule has 2 aromatic rings. The molecule has 0 saturated heterocycles. The number of nitrogens with one attached hydrogen (secondary N) is 2. The van der Waals surface area contributed by atoms with Crippen molar-refractivity contribution in [2.45, 2.75) is 6.17 Å². The summed E-state index contributed by atoms with van der Waals surface area (Å²) < 4.78 is 0. The molecule has 1 heterocycles. The van der Waals surface area contributed by atoms with Crippen molar-refractivity contribution in [1.29, 1.82) is 0 Å². The predicted octanol–water partition coefficient (Wildman–Crippen LogP) is 2.20. The Kier molecular flexibility index (Phi) is 1.65. The second kappa shape index (κ2) is 2.98. The fourth-order valence-electron chi connectivity index (χ4n) is 2.02. The van der Waals surface area contributed by atoms with Crippen molar-refractivity contribution < 1.29 is 4.79 Å². The first kappa shape index (κ1) is 8.29. The molecule has 0 radical (unpaired) electrons. The van der Waals surface area contributed by atoms with E-state index in [4.69, 9.17) is 0 Å². The molecule has 2 aromatic carbocycles. The van der Waals surface area contributed by atoms with Crippen LogP contribution in [0.3, 0.4) is 0 Å². The molecule has 0 aliphatic carbocycles. The van der Waals surface area contributed by atoms with Crippen LogP contribution in [0.25, 0.3) is 10.8 Å². The summed E-state index contributed by atoms with van der Waals surface area (Å²) in [6.45, 7) is 0. The third kappa shape index (κ3) is 1.16. The van der Waals surface area contributed by atoms with Crippen molar-refractivity contribution in [3.8, 4) is 0 Å². The Bertz CT molecular complexity index is 495. The molecule has 74 valence electrons. The molecule has 0 spiro atoms. The second-order valence-electron chi connectivity index (χ2n) is 3.61. The summed E-state index contributed by atoms with van der Waals surface area (Å²) in [5.41, 5.74) is 2.03. The first-order chi connectivity index (χ1) is 7.38. The summed E-state index contributed by atoms with van der Waals surface area (Å²) in [4.78, 5) is 10.8. The number of carbonyl (C=O) groups excluding carboxylic acids is 1. The summed E-state index contributed by atoms with van der Waals surface area (Å²) in [6, 6.07) is 12.1. The van der Waals surface area contributed by atoms with Crippen molar-refractivity contribution in [2.75, 3.05) is 10.6 Å². The van der Waals surface area contributed by atoms with Crippen LogP contribution in [0.4, 0.5) is 11.4 Å². The van der Waals surface area contributed by atoms with Gasteiger partial charge >= 0.3 is 0 Å². The minimum atomic E-state index is -0.328. The highest BCUT2D eigenvalue weighted by Crippen LogP contribution is 2.33. The standard InChI is InChI=1S/C12H10N2O/c15-7-11-13-9-5-1-3-8-4-2-6-10(14-11)12(8)9/h1-7,11,13-14H. The molecule has 0 amide bonds. The zero-order chi connectivity index (χ0) is 10.3. The minimum absolute atomic E-state index is 0.328. The Morgan fingerprint density at radius 2 is 1.60 bits per heavy atom. The summed E-state index contributed by atoms with van der Waals surface area (Å²) in [7, 11) is 0. The van der Waals surface area contributed by atoms with Gasteiger partial charge in [0.05, 0.1) is 0 Å². The molecule has 0 saturated carbocycles. The van der Waals surface area contributed by atoms with Crippen LogP contribution in [-0.4, -0.2) is 12.5 Å². The van der Waals surface area contributed by atoms with E-state index >= 15 is 0 Å². The smallest absolute Gasteiger partial charge is 0.162 e. The minimum Gasteiger partial charge on any atom is -0.359 e. The van der Waals surface area contributed by atoms with Gasteiger partial charge in [0.15, 0.2) is 12.5 Å². The Labute approximate surface area is 87.1 Å². The third-order valence-electron chi connectivity index (χ3n) is 2.66. The second-order valence-corrected chi connectivity index (χ2v) is 3.61. The van der Waals surface area contributed by atoms with Gasteiger partial charge in [-0.2, -0.15) is 0 Å². The Morgan fingerprint density at radius 1 is 1.00 bits per heavy atom. The van der Waals surface area contributed by atoms with Gasteiger partial charge in [0.2, 0.25) is 0 Å². The quantitative estimate of drug-likeness (QED) is 0.690. The van der Waals surface area contributed by atoms with E-state index in [-0.39, 0.29) is 6.17 Å². The van der Waals surface area contributed by atoms with Crippen LogP contribution in [0, 0.1) is 0 Å². The lowest BCUT2D eigenvalue weighted by Crippen LogP contribution is -2.32. The van der Waals surface area contributed by atoms with Crippen LogP contribution < -0.4 is 10.6 Å². The fraction of sp³-hybridized carbons (Fsp3) is 0.0833. The van der Waals surface area contributed by atoms with Crippen molar-refractivity contribution in [2.24, 2.45) is 0 Å². The molecule has 1 aliphatic rings. The molecule has 0 fully saturated rings. The number of aldehydes is 1. The Balaban J connectivity index is 2.31. The van der Waals surface area contributed by atoms with Crippen LogP contribution >= 0.6 is 0 Å². The van der Waals surface area contributed by atoms with Gasteiger partial charge in [0, 0.05) is 16.8 Å².